The molecule has 134 valence electrons. The Morgan fingerprint density at radius 1 is 1.19 bits per heavy atom. The lowest BCUT2D eigenvalue weighted by Crippen LogP contribution is -2.27. The zero-order valence-electron chi connectivity index (χ0n) is 14.5. The first kappa shape index (κ1) is 17.4. The largest absolute Gasteiger partial charge is 0.478 e. The Kier molecular flexibility index (Phi) is 4.83. The van der Waals surface area contributed by atoms with Crippen molar-refractivity contribution >= 4 is 11.9 Å². The van der Waals surface area contributed by atoms with Crippen molar-refractivity contribution in [3.8, 4) is 5.69 Å². The summed E-state index contributed by atoms with van der Waals surface area (Å²) in [5, 5.41) is 20.1. The van der Waals surface area contributed by atoms with Crippen LogP contribution in [0, 0.1) is 13.8 Å². The molecule has 0 spiro atoms. The van der Waals surface area contributed by atoms with E-state index in [1.807, 2.05) is 48.9 Å². The van der Waals surface area contributed by atoms with Gasteiger partial charge in [0.2, 0.25) is 5.91 Å². The smallest absolute Gasteiger partial charge is 0.338 e. The normalized spacial score (nSPS) is 10.7. The van der Waals surface area contributed by atoms with E-state index in [0.717, 1.165) is 22.6 Å². The van der Waals surface area contributed by atoms with Crippen LogP contribution >= 0.6 is 0 Å². The van der Waals surface area contributed by atoms with Gasteiger partial charge in [0.25, 0.3) is 0 Å². The van der Waals surface area contributed by atoms with Crippen molar-refractivity contribution in [1.82, 2.24) is 24.9 Å². The van der Waals surface area contributed by atoms with Gasteiger partial charge in [-0.25, -0.2) is 9.48 Å². The van der Waals surface area contributed by atoms with Gasteiger partial charge in [0.1, 0.15) is 6.54 Å². The SMILES string of the molecule is Cc1nn(-c2ccccc2)c(C)c1CNC(=O)Cn1cc(C(=O)O)cn1. The number of para-hydroxylation sites is 1. The van der Waals surface area contributed by atoms with Gasteiger partial charge in [0.05, 0.1) is 23.1 Å². The van der Waals surface area contributed by atoms with E-state index < -0.39 is 5.97 Å². The number of benzene rings is 1. The van der Waals surface area contributed by atoms with Crippen LogP contribution in [-0.2, 0) is 17.9 Å². The van der Waals surface area contributed by atoms with Crippen molar-refractivity contribution in [1.29, 1.82) is 0 Å². The van der Waals surface area contributed by atoms with Gasteiger partial charge in [0, 0.05) is 24.0 Å². The maximum atomic E-state index is 12.1. The van der Waals surface area contributed by atoms with Crippen LogP contribution in [0.1, 0.15) is 27.3 Å². The number of nitrogens with one attached hydrogen (secondary N) is 1. The Labute approximate surface area is 150 Å². The van der Waals surface area contributed by atoms with E-state index >= 15 is 0 Å². The number of amides is 1. The lowest BCUT2D eigenvalue weighted by atomic mass is 10.2. The maximum absolute atomic E-state index is 12.1. The second-order valence-corrected chi connectivity index (χ2v) is 5.91. The number of carbonyl (C=O) groups excluding carboxylic acids is 1. The van der Waals surface area contributed by atoms with Crippen LogP contribution in [0.25, 0.3) is 5.69 Å². The molecule has 0 aliphatic heterocycles. The molecule has 2 N–H and O–H groups in total. The number of aromatic nitrogens is 4. The van der Waals surface area contributed by atoms with E-state index in [4.69, 9.17) is 5.11 Å². The molecule has 3 rings (SSSR count). The van der Waals surface area contributed by atoms with Crippen LogP contribution in [-0.4, -0.2) is 36.5 Å². The summed E-state index contributed by atoms with van der Waals surface area (Å²) in [6, 6.07) is 9.78. The van der Waals surface area contributed by atoms with Crippen LogP contribution in [0.2, 0.25) is 0 Å². The summed E-state index contributed by atoms with van der Waals surface area (Å²) in [7, 11) is 0. The van der Waals surface area contributed by atoms with Gasteiger partial charge in [-0.1, -0.05) is 18.2 Å². The van der Waals surface area contributed by atoms with Gasteiger partial charge in [-0.15, -0.1) is 0 Å². The molecule has 2 heterocycles. The Bertz CT molecular complexity index is 943. The van der Waals surface area contributed by atoms with Crippen LogP contribution in [0.5, 0.6) is 0 Å². The molecule has 0 unspecified atom stereocenters. The summed E-state index contributed by atoms with van der Waals surface area (Å²) in [5.41, 5.74) is 3.77. The highest BCUT2D eigenvalue weighted by atomic mass is 16.4. The number of aryl methyl sites for hydroxylation is 1. The summed E-state index contributed by atoms with van der Waals surface area (Å²) in [6.07, 6.45) is 2.54. The second-order valence-electron chi connectivity index (χ2n) is 5.91. The lowest BCUT2D eigenvalue weighted by molar-refractivity contribution is -0.122. The van der Waals surface area contributed by atoms with E-state index in [0.29, 0.717) is 6.54 Å². The van der Waals surface area contributed by atoms with Gasteiger partial charge >= 0.3 is 5.97 Å². The Morgan fingerprint density at radius 2 is 1.92 bits per heavy atom. The van der Waals surface area contributed by atoms with Crippen molar-refractivity contribution in [3.05, 3.63) is 65.2 Å². The molecule has 0 aliphatic rings. The van der Waals surface area contributed by atoms with Crippen molar-refractivity contribution in [3.63, 3.8) is 0 Å². The quantitative estimate of drug-likeness (QED) is 0.702. The zero-order valence-corrected chi connectivity index (χ0v) is 14.5. The highest BCUT2D eigenvalue weighted by Gasteiger charge is 2.14. The molecule has 0 fully saturated rings. The number of hydrogen-bond donors (Lipinski definition) is 2. The molecule has 1 amide bonds. The van der Waals surface area contributed by atoms with E-state index in [-0.39, 0.29) is 18.0 Å². The molecule has 0 saturated heterocycles. The third kappa shape index (κ3) is 3.64. The van der Waals surface area contributed by atoms with E-state index in [1.165, 1.54) is 17.1 Å². The highest BCUT2D eigenvalue weighted by molar-refractivity contribution is 5.87. The van der Waals surface area contributed by atoms with Crippen molar-refractivity contribution in [2.24, 2.45) is 0 Å². The first-order chi connectivity index (χ1) is 12.5. The molecule has 1 aromatic carbocycles. The first-order valence-corrected chi connectivity index (χ1v) is 8.08. The van der Waals surface area contributed by atoms with Crippen molar-refractivity contribution in [2.75, 3.05) is 0 Å². The van der Waals surface area contributed by atoms with Crippen LogP contribution in [0.3, 0.4) is 0 Å². The minimum Gasteiger partial charge on any atom is -0.478 e. The first-order valence-electron chi connectivity index (χ1n) is 8.08. The summed E-state index contributed by atoms with van der Waals surface area (Å²) < 4.78 is 3.15. The molecule has 3 aromatic rings. The van der Waals surface area contributed by atoms with Gasteiger partial charge in [-0.3, -0.25) is 9.48 Å². The molecule has 0 radical (unpaired) electrons. The predicted octanol–water partition coefficient (Wildman–Crippen LogP) is 1.70. The minimum absolute atomic E-state index is 0.0435. The number of nitrogens with zero attached hydrogens (tertiary/aromatic N) is 4. The molecule has 0 aliphatic carbocycles. The summed E-state index contributed by atoms with van der Waals surface area (Å²) in [6.45, 7) is 4.16. The Morgan fingerprint density at radius 3 is 2.58 bits per heavy atom. The summed E-state index contributed by atoms with van der Waals surface area (Å²) in [4.78, 5) is 23.0. The third-order valence-electron chi connectivity index (χ3n) is 4.09. The fourth-order valence-corrected chi connectivity index (χ4v) is 2.70. The van der Waals surface area contributed by atoms with E-state index in [2.05, 4.69) is 15.5 Å². The Hall–Kier alpha value is -3.42. The molecule has 0 saturated carbocycles. The van der Waals surface area contributed by atoms with Crippen molar-refractivity contribution < 1.29 is 14.7 Å². The standard InChI is InChI=1S/C18H19N5O3/c1-12-16(13(2)23(21-12)15-6-4-3-5-7-15)9-19-17(24)11-22-10-14(8-20-22)18(25)26/h3-8,10H,9,11H2,1-2H3,(H,19,24)(H,25,26). The number of carboxylic acid groups (broad SMARTS) is 1. The number of rotatable bonds is 6. The fourth-order valence-electron chi connectivity index (χ4n) is 2.70. The monoisotopic (exact) mass is 353 g/mol. The molecular formula is C18H19N5O3. The van der Waals surface area contributed by atoms with Gasteiger partial charge in [0.15, 0.2) is 0 Å². The summed E-state index contributed by atoms with van der Waals surface area (Å²) in [5.74, 6) is -1.33. The minimum atomic E-state index is -1.07. The van der Waals surface area contributed by atoms with Gasteiger partial charge in [-0.2, -0.15) is 10.2 Å². The van der Waals surface area contributed by atoms with Crippen LogP contribution in [0.4, 0.5) is 0 Å². The molecule has 0 atom stereocenters. The number of hydrogen-bond acceptors (Lipinski definition) is 4. The fraction of sp³-hybridized carbons (Fsp3) is 0.222. The second kappa shape index (κ2) is 7.22. The highest BCUT2D eigenvalue weighted by Crippen LogP contribution is 2.17. The maximum Gasteiger partial charge on any atom is 0.338 e. The molecule has 8 heteroatoms. The zero-order chi connectivity index (χ0) is 18.7. The number of aromatic carboxylic acids is 1. The van der Waals surface area contributed by atoms with E-state index in [1.54, 1.807) is 0 Å². The van der Waals surface area contributed by atoms with Crippen molar-refractivity contribution in [2.45, 2.75) is 26.9 Å². The topological polar surface area (TPSA) is 102 Å². The lowest BCUT2D eigenvalue weighted by Gasteiger charge is -2.07. The average molecular weight is 353 g/mol. The molecular weight excluding hydrogens is 334 g/mol. The van der Waals surface area contributed by atoms with E-state index in [9.17, 15) is 9.59 Å². The predicted molar refractivity (Wildman–Crippen MR) is 94.1 cm³/mol. The average Bonchev–Trinajstić information content (AvgIpc) is 3.19. The van der Waals surface area contributed by atoms with Crippen LogP contribution in [0.15, 0.2) is 42.7 Å². The number of carboxylic acids is 1. The molecule has 0 bridgehead atoms. The number of carbonyl (C=O) groups is 2. The summed E-state index contributed by atoms with van der Waals surface area (Å²) >= 11 is 0. The molecule has 2 aromatic heterocycles. The third-order valence-corrected chi connectivity index (χ3v) is 4.09. The molecule has 8 nitrogen and oxygen atoms in total. The van der Waals surface area contributed by atoms with Gasteiger partial charge in [-0.05, 0) is 26.0 Å². The molecule has 26 heavy (non-hydrogen) atoms. The van der Waals surface area contributed by atoms with Gasteiger partial charge < -0.3 is 10.4 Å². The van der Waals surface area contributed by atoms with Crippen LogP contribution < -0.4 is 5.32 Å². The Balaban J connectivity index is 1.66.